The first-order chi connectivity index (χ1) is 4.29. The molecule has 0 radical (unpaired) electrons. The van der Waals surface area contributed by atoms with Crippen molar-refractivity contribution in [3.05, 3.63) is 23.8 Å². The van der Waals surface area contributed by atoms with E-state index in [0.717, 1.165) is 0 Å². The highest BCUT2D eigenvalue weighted by Crippen LogP contribution is 1.84. The third-order valence-corrected chi connectivity index (χ3v) is 0.720. The van der Waals surface area contributed by atoms with E-state index in [4.69, 9.17) is 0 Å². The van der Waals surface area contributed by atoms with E-state index >= 15 is 0 Å². The third-order valence-electron chi connectivity index (χ3n) is 0.545. The van der Waals surface area contributed by atoms with Crippen molar-refractivity contribution in [1.82, 2.24) is 10.1 Å². The Kier molecular flexibility index (Phi) is 3.62. The average molecular weight is 146 g/mol. The first-order valence-electron chi connectivity index (χ1n) is 2.31. The van der Waals surface area contributed by atoms with E-state index in [9.17, 15) is 0 Å². The SMILES string of the molecule is C=C.Cc1nc(=S)o[nH]1.[HH]. The topological polar surface area (TPSA) is 41.8 Å². The second kappa shape index (κ2) is 4.03. The van der Waals surface area contributed by atoms with Gasteiger partial charge < -0.3 is 4.52 Å². The quantitative estimate of drug-likeness (QED) is 0.450. The summed E-state index contributed by atoms with van der Waals surface area (Å²) in [6.07, 6.45) is 0. The molecule has 1 aromatic heterocycles. The molecule has 0 aliphatic heterocycles. The summed E-state index contributed by atoms with van der Waals surface area (Å²) in [6, 6.07) is 0. The molecule has 1 aromatic rings. The maximum Gasteiger partial charge on any atom is 0.314 e. The van der Waals surface area contributed by atoms with Crippen molar-refractivity contribution in [2.75, 3.05) is 0 Å². The number of aromatic amines is 1. The van der Waals surface area contributed by atoms with Crippen LogP contribution < -0.4 is 0 Å². The summed E-state index contributed by atoms with van der Waals surface area (Å²) in [7, 11) is 0. The fraction of sp³-hybridized carbons (Fsp3) is 0.200. The van der Waals surface area contributed by atoms with E-state index in [1.807, 2.05) is 0 Å². The van der Waals surface area contributed by atoms with E-state index in [2.05, 4.69) is 40.0 Å². The van der Waals surface area contributed by atoms with Gasteiger partial charge in [-0.3, -0.25) is 0 Å². The number of H-pyrrole nitrogens is 1. The van der Waals surface area contributed by atoms with Gasteiger partial charge in [0.15, 0.2) is 0 Å². The Labute approximate surface area is 59.9 Å². The van der Waals surface area contributed by atoms with Crippen LogP contribution in [-0.2, 0) is 0 Å². The van der Waals surface area contributed by atoms with Crippen LogP contribution in [0.25, 0.3) is 0 Å². The summed E-state index contributed by atoms with van der Waals surface area (Å²) in [6.45, 7) is 7.78. The molecule has 0 fully saturated rings. The van der Waals surface area contributed by atoms with Gasteiger partial charge in [-0.1, -0.05) is 0 Å². The summed E-state index contributed by atoms with van der Waals surface area (Å²) >= 11 is 4.52. The van der Waals surface area contributed by atoms with Gasteiger partial charge in [0.1, 0.15) is 5.82 Å². The third kappa shape index (κ3) is 2.81. The molecule has 0 aliphatic rings. The predicted octanol–water partition coefficient (Wildman–Crippen LogP) is 2.09. The normalized spacial score (nSPS) is 7.67. The molecular formula is C5H10N2OS. The lowest BCUT2D eigenvalue weighted by Gasteiger charge is -1.65. The van der Waals surface area contributed by atoms with Gasteiger partial charge in [0.25, 0.3) is 0 Å². The Morgan fingerprint density at radius 3 is 2.44 bits per heavy atom. The second-order valence-electron chi connectivity index (χ2n) is 1.17. The van der Waals surface area contributed by atoms with Crippen LogP contribution in [0.5, 0.6) is 0 Å². The lowest BCUT2D eigenvalue weighted by atomic mass is 10.8. The van der Waals surface area contributed by atoms with Crippen molar-refractivity contribution in [3.63, 3.8) is 0 Å². The van der Waals surface area contributed by atoms with Crippen molar-refractivity contribution >= 4 is 12.2 Å². The molecule has 0 bridgehead atoms. The Morgan fingerprint density at radius 2 is 2.33 bits per heavy atom. The van der Waals surface area contributed by atoms with Crippen LogP contribution in [0, 0.1) is 11.8 Å². The van der Waals surface area contributed by atoms with Crippen molar-refractivity contribution in [3.8, 4) is 0 Å². The monoisotopic (exact) mass is 146 g/mol. The first kappa shape index (κ1) is 8.10. The van der Waals surface area contributed by atoms with Crippen LogP contribution in [0.4, 0.5) is 0 Å². The molecule has 3 nitrogen and oxygen atoms in total. The van der Waals surface area contributed by atoms with Crippen LogP contribution in [-0.4, -0.2) is 10.1 Å². The number of nitrogens with one attached hydrogen (secondary N) is 1. The second-order valence-corrected chi connectivity index (χ2v) is 1.52. The summed E-state index contributed by atoms with van der Waals surface area (Å²) in [5.74, 6) is 0.713. The van der Waals surface area contributed by atoms with Crippen LogP contribution in [0.3, 0.4) is 0 Å². The van der Waals surface area contributed by atoms with Gasteiger partial charge in [0.2, 0.25) is 0 Å². The number of hydrogen-bond acceptors (Lipinski definition) is 3. The minimum atomic E-state index is 0. The summed E-state index contributed by atoms with van der Waals surface area (Å²) in [4.78, 5) is 3.97. The largest absolute Gasteiger partial charge is 0.348 e. The van der Waals surface area contributed by atoms with Gasteiger partial charge in [0, 0.05) is 1.43 Å². The predicted molar refractivity (Wildman–Crippen MR) is 39.8 cm³/mol. The van der Waals surface area contributed by atoms with Crippen LogP contribution >= 0.6 is 12.2 Å². The highest BCUT2D eigenvalue weighted by molar-refractivity contribution is 7.71. The molecule has 1 rings (SSSR count). The van der Waals surface area contributed by atoms with E-state index in [-0.39, 0.29) is 6.26 Å². The summed E-state index contributed by atoms with van der Waals surface area (Å²) < 4.78 is 4.54. The van der Waals surface area contributed by atoms with Crippen LogP contribution in [0.2, 0.25) is 0 Å². The summed E-state index contributed by atoms with van der Waals surface area (Å²) in [5, 5.41) is 2.48. The molecule has 4 heteroatoms. The van der Waals surface area contributed by atoms with Gasteiger partial charge in [-0.15, -0.1) is 13.2 Å². The van der Waals surface area contributed by atoms with E-state index in [0.29, 0.717) is 5.82 Å². The van der Waals surface area contributed by atoms with Gasteiger partial charge in [-0.05, 0) is 19.1 Å². The first-order valence-corrected chi connectivity index (χ1v) is 2.72. The molecule has 0 atom stereocenters. The smallest absolute Gasteiger partial charge is 0.314 e. The van der Waals surface area contributed by atoms with E-state index < -0.39 is 0 Å². The zero-order chi connectivity index (χ0) is 7.28. The molecule has 0 saturated carbocycles. The number of rotatable bonds is 0. The number of hydrogen-bond donors (Lipinski definition) is 1. The number of aryl methyl sites for hydroxylation is 1. The van der Waals surface area contributed by atoms with E-state index in [1.165, 1.54) is 0 Å². The molecule has 52 valence electrons. The van der Waals surface area contributed by atoms with Gasteiger partial charge in [0.05, 0.1) is 0 Å². The molecule has 1 heterocycles. The maximum absolute atomic E-state index is 4.54. The molecule has 0 spiro atoms. The standard InChI is InChI=1S/C3H4N2OS.C2H4.H2/c1-2-4-3(7)6-5-2;1-2;/h1H3,(H,4,5,7);1-2H2;1H. The molecule has 0 aliphatic carbocycles. The maximum atomic E-state index is 4.54. The molecular weight excluding hydrogens is 136 g/mol. The zero-order valence-electron chi connectivity index (χ0n) is 5.18. The van der Waals surface area contributed by atoms with Gasteiger partial charge in [-0.25, -0.2) is 5.16 Å². The lowest BCUT2D eigenvalue weighted by Crippen LogP contribution is -1.67. The fourth-order valence-corrected chi connectivity index (χ4v) is 0.479. The van der Waals surface area contributed by atoms with Crippen molar-refractivity contribution in [2.24, 2.45) is 0 Å². The summed E-state index contributed by atoms with van der Waals surface area (Å²) in [5.41, 5.74) is 0. The fourth-order valence-electron chi connectivity index (χ4n) is 0.300. The zero-order valence-corrected chi connectivity index (χ0v) is 5.99. The molecule has 1 N–H and O–H groups in total. The Balaban J connectivity index is 0. The van der Waals surface area contributed by atoms with Crippen molar-refractivity contribution < 1.29 is 5.95 Å². The minimum Gasteiger partial charge on any atom is -0.348 e. The molecule has 9 heavy (non-hydrogen) atoms. The lowest BCUT2D eigenvalue weighted by molar-refractivity contribution is 0.400. The Hall–Kier alpha value is -0.900. The highest BCUT2D eigenvalue weighted by atomic mass is 32.1. The minimum absolute atomic E-state index is 0. The number of aromatic nitrogens is 2. The molecule has 0 unspecified atom stereocenters. The highest BCUT2D eigenvalue weighted by Gasteiger charge is 1.83. The Bertz CT molecular complexity index is 219. The van der Waals surface area contributed by atoms with Crippen molar-refractivity contribution in [1.29, 1.82) is 0 Å². The Morgan fingerprint density at radius 1 is 1.78 bits per heavy atom. The van der Waals surface area contributed by atoms with Crippen LogP contribution in [0.1, 0.15) is 7.25 Å². The van der Waals surface area contributed by atoms with Gasteiger partial charge in [-0.2, -0.15) is 4.98 Å². The molecule has 0 aromatic carbocycles. The molecule has 0 saturated heterocycles. The average Bonchev–Trinajstić information content (AvgIpc) is 2.20. The van der Waals surface area contributed by atoms with Gasteiger partial charge >= 0.3 is 4.84 Å². The van der Waals surface area contributed by atoms with Crippen molar-refractivity contribution in [2.45, 2.75) is 6.92 Å². The number of nitrogens with zero attached hydrogens (tertiary/aromatic N) is 1. The van der Waals surface area contributed by atoms with E-state index in [1.54, 1.807) is 6.92 Å². The molecule has 0 amide bonds. The van der Waals surface area contributed by atoms with Crippen LogP contribution in [0.15, 0.2) is 17.7 Å².